The van der Waals surface area contributed by atoms with Crippen LogP contribution in [0.25, 0.3) is 0 Å². The molecule has 1 saturated carbocycles. The number of aromatic nitrogens is 1. The monoisotopic (exact) mass is 340 g/mol. The summed E-state index contributed by atoms with van der Waals surface area (Å²) in [7, 11) is 0. The van der Waals surface area contributed by atoms with Gasteiger partial charge >= 0.3 is 5.97 Å². The molecule has 1 aromatic heterocycles. The van der Waals surface area contributed by atoms with Crippen LogP contribution in [-0.2, 0) is 11.3 Å². The molecule has 0 unspecified atom stereocenters. The number of rotatable bonds is 6. The van der Waals surface area contributed by atoms with E-state index >= 15 is 0 Å². The van der Waals surface area contributed by atoms with Gasteiger partial charge in [0, 0.05) is 18.8 Å². The van der Waals surface area contributed by atoms with Gasteiger partial charge in [0.2, 0.25) is 0 Å². The highest BCUT2D eigenvalue weighted by atomic mass is 16.5. The van der Waals surface area contributed by atoms with E-state index in [0.29, 0.717) is 6.04 Å². The topological polar surface area (TPSA) is 71.5 Å². The second kappa shape index (κ2) is 8.12. The number of pyridine rings is 1. The summed E-state index contributed by atoms with van der Waals surface area (Å²) in [5.74, 6) is 0.743. The van der Waals surface area contributed by atoms with Crippen LogP contribution in [0, 0.1) is 12.8 Å². The number of carboxylic acids is 1. The highest BCUT2D eigenvalue weighted by Gasteiger charge is 2.25. The van der Waals surface area contributed by atoms with Crippen molar-refractivity contribution in [3.63, 3.8) is 0 Å². The van der Waals surface area contributed by atoms with E-state index in [2.05, 4.69) is 22.4 Å². The Morgan fingerprint density at radius 3 is 2.72 bits per heavy atom. The lowest BCUT2D eigenvalue weighted by atomic mass is 9.86. The Bertz CT molecular complexity index is 710. The fourth-order valence-electron chi connectivity index (χ4n) is 3.28. The summed E-state index contributed by atoms with van der Waals surface area (Å²) in [6.45, 7) is 2.82. The van der Waals surface area contributed by atoms with E-state index in [1.807, 2.05) is 25.1 Å². The molecular formula is C20H24N2O3. The number of aliphatic carboxylic acids is 1. The van der Waals surface area contributed by atoms with Crippen LogP contribution >= 0.6 is 0 Å². The van der Waals surface area contributed by atoms with Crippen molar-refractivity contribution in [3.8, 4) is 11.5 Å². The van der Waals surface area contributed by atoms with Crippen molar-refractivity contribution in [2.24, 2.45) is 5.92 Å². The largest absolute Gasteiger partial charge is 0.481 e. The number of aryl methyl sites for hydroxylation is 1. The van der Waals surface area contributed by atoms with Gasteiger partial charge in [-0.2, -0.15) is 0 Å². The van der Waals surface area contributed by atoms with E-state index in [-0.39, 0.29) is 5.92 Å². The molecule has 132 valence electrons. The number of nitrogens with zero attached hydrogens (tertiary/aromatic N) is 1. The molecule has 0 radical (unpaired) electrons. The van der Waals surface area contributed by atoms with Gasteiger partial charge in [0.1, 0.15) is 11.5 Å². The number of hydrogen-bond acceptors (Lipinski definition) is 4. The summed E-state index contributed by atoms with van der Waals surface area (Å²) in [6, 6.07) is 10.3. The maximum atomic E-state index is 11.0. The van der Waals surface area contributed by atoms with Gasteiger partial charge in [0.25, 0.3) is 0 Å². The minimum Gasteiger partial charge on any atom is -0.481 e. The number of carbonyl (C=O) groups is 1. The molecule has 0 aliphatic heterocycles. The van der Waals surface area contributed by atoms with Crippen LogP contribution in [0.15, 0.2) is 42.7 Å². The summed E-state index contributed by atoms with van der Waals surface area (Å²) in [6.07, 6.45) is 6.81. The average Bonchev–Trinajstić information content (AvgIpc) is 2.63. The van der Waals surface area contributed by atoms with E-state index in [0.717, 1.165) is 49.3 Å². The molecule has 3 rings (SSSR count). The Morgan fingerprint density at radius 1 is 1.28 bits per heavy atom. The molecule has 5 nitrogen and oxygen atoms in total. The van der Waals surface area contributed by atoms with Gasteiger partial charge < -0.3 is 15.2 Å². The van der Waals surface area contributed by atoms with Gasteiger partial charge in [-0.1, -0.05) is 12.1 Å². The summed E-state index contributed by atoms with van der Waals surface area (Å²) < 4.78 is 5.85. The third-order valence-electron chi connectivity index (χ3n) is 4.77. The molecule has 1 aliphatic carbocycles. The van der Waals surface area contributed by atoms with Crippen LogP contribution in [0.1, 0.15) is 36.8 Å². The molecule has 1 aromatic carbocycles. The molecule has 2 aromatic rings. The van der Waals surface area contributed by atoms with Crippen molar-refractivity contribution < 1.29 is 14.6 Å². The lowest BCUT2D eigenvalue weighted by Crippen LogP contribution is -2.34. The first-order valence-electron chi connectivity index (χ1n) is 8.75. The van der Waals surface area contributed by atoms with E-state index in [1.165, 1.54) is 5.56 Å². The van der Waals surface area contributed by atoms with Gasteiger partial charge in [-0.05, 0) is 61.9 Å². The van der Waals surface area contributed by atoms with Crippen LogP contribution in [0.3, 0.4) is 0 Å². The second-order valence-electron chi connectivity index (χ2n) is 6.66. The summed E-state index contributed by atoms with van der Waals surface area (Å²) in [4.78, 5) is 15.1. The predicted octanol–water partition coefficient (Wildman–Crippen LogP) is 3.92. The molecule has 0 amide bonds. The minimum atomic E-state index is -0.654. The molecular weight excluding hydrogens is 316 g/mol. The molecule has 0 spiro atoms. The van der Waals surface area contributed by atoms with Crippen LogP contribution in [0.2, 0.25) is 0 Å². The van der Waals surface area contributed by atoms with Crippen molar-refractivity contribution in [3.05, 3.63) is 53.9 Å². The Kier molecular flexibility index (Phi) is 5.66. The van der Waals surface area contributed by atoms with Crippen molar-refractivity contribution in [2.45, 2.75) is 45.2 Å². The lowest BCUT2D eigenvalue weighted by Gasteiger charge is -2.27. The van der Waals surface area contributed by atoms with Gasteiger partial charge in [0.05, 0.1) is 12.1 Å². The van der Waals surface area contributed by atoms with E-state index in [4.69, 9.17) is 9.84 Å². The Balaban J connectivity index is 1.52. The van der Waals surface area contributed by atoms with E-state index in [1.54, 1.807) is 12.4 Å². The fourth-order valence-corrected chi connectivity index (χ4v) is 3.28. The Labute approximate surface area is 148 Å². The third kappa shape index (κ3) is 4.79. The summed E-state index contributed by atoms with van der Waals surface area (Å²) >= 11 is 0. The Hall–Kier alpha value is -2.40. The molecule has 5 heteroatoms. The van der Waals surface area contributed by atoms with Crippen LogP contribution in [0.5, 0.6) is 11.5 Å². The molecule has 1 aliphatic rings. The number of carboxylic acid groups (broad SMARTS) is 1. The van der Waals surface area contributed by atoms with Gasteiger partial charge in [0.15, 0.2) is 0 Å². The highest BCUT2D eigenvalue weighted by molar-refractivity contribution is 5.70. The normalized spacial score (nSPS) is 20.2. The number of nitrogens with one attached hydrogen (secondary N) is 1. The number of hydrogen-bond donors (Lipinski definition) is 2. The predicted molar refractivity (Wildman–Crippen MR) is 95.7 cm³/mol. The zero-order valence-electron chi connectivity index (χ0n) is 14.4. The SMILES string of the molecule is Cc1cc(CNC2CCC(C(=O)O)CC2)ccc1Oc1cccnc1. The smallest absolute Gasteiger partial charge is 0.306 e. The maximum absolute atomic E-state index is 11.0. The maximum Gasteiger partial charge on any atom is 0.306 e. The first-order valence-corrected chi connectivity index (χ1v) is 8.75. The van der Waals surface area contributed by atoms with Crippen molar-refractivity contribution >= 4 is 5.97 Å². The van der Waals surface area contributed by atoms with Crippen molar-refractivity contribution in [1.29, 1.82) is 0 Å². The number of benzene rings is 1. The molecule has 25 heavy (non-hydrogen) atoms. The van der Waals surface area contributed by atoms with Crippen molar-refractivity contribution in [1.82, 2.24) is 10.3 Å². The summed E-state index contributed by atoms with van der Waals surface area (Å²) in [5.41, 5.74) is 2.29. The van der Waals surface area contributed by atoms with Crippen LogP contribution < -0.4 is 10.1 Å². The first kappa shape index (κ1) is 17.4. The standard InChI is InChI=1S/C20H24N2O3/c1-14-11-15(4-9-19(14)25-18-3-2-10-21-13-18)12-22-17-7-5-16(6-8-17)20(23)24/h2-4,9-11,13,16-17,22H,5-8,12H2,1H3,(H,23,24). The third-order valence-corrected chi connectivity index (χ3v) is 4.77. The fraction of sp³-hybridized carbons (Fsp3) is 0.400. The minimum absolute atomic E-state index is 0.163. The quantitative estimate of drug-likeness (QED) is 0.834. The van der Waals surface area contributed by atoms with E-state index in [9.17, 15) is 4.79 Å². The average molecular weight is 340 g/mol. The number of ether oxygens (including phenoxy) is 1. The zero-order valence-corrected chi connectivity index (χ0v) is 14.4. The molecule has 0 atom stereocenters. The van der Waals surface area contributed by atoms with Gasteiger partial charge in [-0.15, -0.1) is 0 Å². The van der Waals surface area contributed by atoms with Gasteiger partial charge in [-0.25, -0.2) is 0 Å². The van der Waals surface area contributed by atoms with Crippen LogP contribution in [-0.4, -0.2) is 22.1 Å². The van der Waals surface area contributed by atoms with E-state index < -0.39 is 5.97 Å². The molecule has 1 fully saturated rings. The second-order valence-corrected chi connectivity index (χ2v) is 6.66. The molecule has 0 bridgehead atoms. The first-order chi connectivity index (χ1) is 12.1. The molecule has 1 heterocycles. The highest BCUT2D eigenvalue weighted by Crippen LogP contribution is 2.26. The molecule has 0 saturated heterocycles. The lowest BCUT2D eigenvalue weighted by molar-refractivity contribution is -0.142. The Morgan fingerprint density at radius 2 is 2.08 bits per heavy atom. The zero-order chi connectivity index (χ0) is 17.6. The summed E-state index contributed by atoms with van der Waals surface area (Å²) in [5, 5.41) is 12.6. The van der Waals surface area contributed by atoms with Crippen molar-refractivity contribution in [2.75, 3.05) is 0 Å². The molecule has 2 N–H and O–H groups in total. The van der Waals surface area contributed by atoms with Crippen LogP contribution in [0.4, 0.5) is 0 Å². The van der Waals surface area contributed by atoms with Gasteiger partial charge in [-0.3, -0.25) is 9.78 Å².